The molecule has 8 heteroatoms. The fourth-order valence-corrected chi connectivity index (χ4v) is 10.7. The van der Waals surface area contributed by atoms with Gasteiger partial charge in [0.2, 0.25) is 11.8 Å². The Balaban J connectivity index is 1.54. The minimum atomic E-state index is -2.83. The van der Waals surface area contributed by atoms with E-state index in [4.69, 9.17) is 18.6 Å². The summed E-state index contributed by atoms with van der Waals surface area (Å²) in [5.74, 6) is -2.08. The molecule has 2 amide bonds. The fourth-order valence-electron chi connectivity index (χ4n) is 6.10. The molecule has 1 unspecified atom stereocenters. The van der Waals surface area contributed by atoms with Gasteiger partial charge in [-0.15, -0.1) is 0 Å². The molecule has 0 saturated carbocycles. The number of carbonyl (C=O) groups excluding carboxylic acids is 2. The summed E-state index contributed by atoms with van der Waals surface area (Å²) < 4.78 is 26.2. The van der Waals surface area contributed by atoms with E-state index in [-0.39, 0.29) is 36.5 Å². The zero-order chi connectivity index (χ0) is 25.8. The molecule has 0 bridgehead atoms. The minimum Gasteiger partial charge on any atom is -0.404 e. The van der Waals surface area contributed by atoms with Gasteiger partial charge in [-0.3, -0.25) is 14.9 Å². The van der Waals surface area contributed by atoms with Gasteiger partial charge in [0.15, 0.2) is 5.79 Å². The molecule has 3 fully saturated rings. The molecule has 3 aliphatic rings. The van der Waals surface area contributed by atoms with Crippen molar-refractivity contribution in [2.45, 2.75) is 69.7 Å². The maximum atomic E-state index is 12.5. The van der Waals surface area contributed by atoms with Crippen molar-refractivity contribution in [1.82, 2.24) is 5.32 Å². The molecule has 3 saturated heterocycles. The van der Waals surface area contributed by atoms with Gasteiger partial charge in [0.25, 0.3) is 8.32 Å². The highest BCUT2D eigenvalue weighted by molar-refractivity contribution is 6.99. The summed E-state index contributed by atoms with van der Waals surface area (Å²) in [6, 6.07) is 20.9. The van der Waals surface area contributed by atoms with E-state index in [9.17, 15) is 9.59 Å². The van der Waals surface area contributed by atoms with Crippen LogP contribution in [-0.4, -0.2) is 56.9 Å². The van der Waals surface area contributed by atoms with Crippen LogP contribution in [0, 0.1) is 5.92 Å². The lowest BCUT2D eigenvalue weighted by molar-refractivity contribution is -0.197. The van der Waals surface area contributed by atoms with Crippen molar-refractivity contribution < 1.29 is 28.2 Å². The zero-order valence-corrected chi connectivity index (χ0v) is 22.6. The molecule has 2 aromatic rings. The number of fused-ring (bicyclic) bond motifs is 1. The maximum absolute atomic E-state index is 12.5. The van der Waals surface area contributed by atoms with Crippen molar-refractivity contribution in [3.8, 4) is 0 Å². The summed E-state index contributed by atoms with van der Waals surface area (Å²) in [5, 5.41) is 4.54. The highest BCUT2D eigenvalue weighted by Crippen LogP contribution is 2.47. The molecular formula is C28H35NO6Si. The summed E-state index contributed by atoms with van der Waals surface area (Å²) >= 11 is 0. The molecule has 3 heterocycles. The lowest BCUT2D eigenvalue weighted by Crippen LogP contribution is -2.68. The largest absolute Gasteiger partial charge is 0.404 e. The number of hydrogen-bond acceptors (Lipinski definition) is 6. The van der Waals surface area contributed by atoms with Crippen LogP contribution in [0.15, 0.2) is 60.7 Å². The molecule has 7 nitrogen and oxygen atoms in total. The minimum absolute atomic E-state index is 0.0927. The van der Waals surface area contributed by atoms with Gasteiger partial charge in [-0.25, -0.2) is 0 Å². The molecule has 0 aromatic heterocycles. The third-order valence-corrected chi connectivity index (χ3v) is 12.5. The lowest BCUT2D eigenvalue weighted by Gasteiger charge is -2.44. The molecule has 3 aliphatic heterocycles. The van der Waals surface area contributed by atoms with Crippen molar-refractivity contribution in [3.05, 3.63) is 60.7 Å². The fraction of sp³-hybridized carbons (Fsp3) is 0.500. The average molecular weight is 510 g/mol. The molecule has 5 rings (SSSR count). The SMILES string of the molecule is CC1(C)O[C@H]2[C@H](C3CC(=O)NC3=O)OC[C@@]2(CO[Si](c2ccccc2)(c2ccccc2)C(C)(C)C)O1. The van der Waals surface area contributed by atoms with Gasteiger partial charge in [-0.2, -0.15) is 0 Å². The van der Waals surface area contributed by atoms with Gasteiger partial charge >= 0.3 is 0 Å². The summed E-state index contributed by atoms with van der Waals surface area (Å²) in [5.41, 5.74) is -0.896. The number of hydrogen-bond donors (Lipinski definition) is 1. The van der Waals surface area contributed by atoms with Crippen LogP contribution >= 0.6 is 0 Å². The summed E-state index contributed by atoms with van der Waals surface area (Å²) in [4.78, 5) is 24.4. The molecule has 1 N–H and O–H groups in total. The third-order valence-electron chi connectivity index (χ3n) is 7.55. The lowest BCUT2D eigenvalue weighted by atomic mass is 9.89. The van der Waals surface area contributed by atoms with Crippen LogP contribution in [0.25, 0.3) is 0 Å². The van der Waals surface area contributed by atoms with Crippen LogP contribution < -0.4 is 15.7 Å². The number of nitrogens with one attached hydrogen (secondary N) is 1. The normalized spacial score (nSPS) is 29.9. The zero-order valence-electron chi connectivity index (χ0n) is 21.6. The Morgan fingerprint density at radius 3 is 2.08 bits per heavy atom. The third kappa shape index (κ3) is 4.15. The van der Waals surface area contributed by atoms with E-state index in [1.807, 2.05) is 26.0 Å². The highest BCUT2D eigenvalue weighted by Gasteiger charge is 2.65. The highest BCUT2D eigenvalue weighted by atomic mass is 28.4. The maximum Gasteiger partial charge on any atom is 0.261 e. The van der Waals surface area contributed by atoms with Crippen LogP contribution in [0.4, 0.5) is 0 Å². The van der Waals surface area contributed by atoms with Crippen LogP contribution in [0.2, 0.25) is 5.04 Å². The molecular weight excluding hydrogens is 474 g/mol. The van der Waals surface area contributed by atoms with Gasteiger partial charge in [0.05, 0.1) is 25.2 Å². The molecule has 0 aliphatic carbocycles. The van der Waals surface area contributed by atoms with Gasteiger partial charge < -0.3 is 18.6 Å². The molecule has 4 atom stereocenters. The quantitative estimate of drug-likeness (QED) is 0.476. The van der Waals surface area contributed by atoms with Gasteiger partial charge in [0.1, 0.15) is 11.7 Å². The van der Waals surface area contributed by atoms with E-state index in [0.29, 0.717) is 0 Å². The molecule has 2 aromatic carbocycles. The molecule has 0 spiro atoms. The first-order chi connectivity index (χ1) is 17.0. The first-order valence-corrected chi connectivity index (χ1v) is 14.5. The Morgan fingerprint density at radius 1 is 1.00 bits per heavy atom. The second-order valence-electron chi connectivity index (χ2n) is 11.6. The number of carbonyl (C=O) groups is 2. The van der Waals surface area contributed by atoms with Crippen molar-refractivity contribution in [1.29, 1.82) is 0 Å². The smallest absolute Gasteiger partial charge is 0.261 e. The van der Waals surface area contributed by atoms with Crippen molar-refractivity contribution in [2.75, 3.05) is 13.2 Å². The Kier molecular flexibility index (Phi) is 6.24. The number of benzene rings is 2. The number of imide groups is 1. The second kappa shape index (κ2) is 8.88. The second-order valence-corrected chi connectivity index (χ2v) is 15.9. The Labute approximate surface area is 213 Å². The molecule has 36 heavy (non-hydrogen) atoms. The Morgan fingerprint density at radius 2 is 1.58 bits per heavy atom. The van der Waals surface area contributed by atoms with Crippen molar-refractivity contribution >= 4 is 30.5 Å². The number of ether oxygens (including phenoxy) is 3. The van der Waals surface area contributed by atoms with Crippen molar-refractivity contribution in [2.24, 2.45) is 5.92 Å². The monoisotopic (exact) mass is 509 g/mol. The summed E-state index contributed by atoms with van der Waals surface area (Å²) in [6.07, 6.45) is -1.02. The van der Waals surface area contributed by atoms with E-state index >= 15 is 0 Å². The van der Waals surface area contributed by atoms with E-state index in [1.54, 1.807) is 0 Å². The Bertz CT molecular complexity index is 1090. The van der Waals surface area contributed by atoms with Gasteiger partial charge in [-0.1, -0.05) is 81.4 Å². The summed E-state index contributed by atoms with van der Waals surface area (Å²) in [6.45, 7) is 10.9. The standard InChI is InChI=1S/C28H35NO6Si/c1-26(2,3)36(19-12-8-6-9-13-19,20-14-10-7-11-15-20)33-18-28-17-32-23(21-16-22(30)29-25(21)31)24(28)34-27(4,5)35-28/h6-15,21,23-24H,16-18H2,1-5H3,(H,29,30,31)/t21?,23-,24-,28-/m0/s1. The predicted molar refractivity (Wildman–Crippen MR) is 137 cm³/mol. The number of rotatable bonds is 6. The van der Waals surface area contributed by atoms with E-state index in [1.165, 1.54) is 10.4 Å². The van der Waals surface area contributed by atoms with E-state index in [2.05, 4.69) is 74.6 Å². The average Bonchev–Trinajstić information content (AvgIpc) is 3.41. The van der Waals surface area contributed by atoms with Crippen molar-refractivity contribution in [3.63, 3.8) is 0 Å². The van der Waals surface area contributed by atoms with E-state index < -0.39 is 37.8 Å². The summed E-state index contributed by atoms with van der Waals surface area (Å²) in [7, 11) is -2.83. The molecule has 0 radical (unpaired) electrons. The molecule has 192 valence electrons. The van der Waals surface area contributed by atoms with Gasteiger partial charge in [0, 0.05) is 6.42 Å². The predicted octanol–water partition coefficient (Wildman–Crippen LogP) is 2.51. The van der Waals surface area contributed by atoms with Crippen LogP contribution in [0.1, 0.15) is 41.0 Å². The van der Waals surface area contributed by atoms with Crippen LogP contribution in [-0.2, 0) is 28.2 Å². The van der Waals surface area contributed by atoms with E-state index in [0.717, 1.165) is 0 Å². The van der Waals surface area contributed by atoms with Crippen LogP contribution in [0.3, 0.4) is 0 Å². The van der Waals surface area contributed by atoms with Crippen LogP contribution in [0.5, 0.6) is 0 Å². The first-order valence-electron chi connectivity index (χ1n) is 12.6. The Hall–Kier alpha value is -2.36. The van der Waals surface area contributed by atoms with Gasteiger partial charge in [-0.05, 0) is 29.3 Å². The topological polar surface area (TPSA) is 83.1 Å². The number of amides is 2. The first kappa shape index (κ1) is 25.3.